The Morgan fingerprint density at radius 2 is 1.40 bits per heavy atom. The van der Waals surface area contributed by atoms with Crippen LogP contribution in [0.15, 0.2) is 0 Å². The van der Waals surface area contributed by atoms with Gasteiger partial charge in [0.1, 0.15) is 11.6 Å². The maximum atomic E-state index is 3.97. The van der Waals surface area contributed by atoms with Crippen LogP contribution in [0, 0.1) is 20.8 Å². The Kier molecular flexibility index (Phi) is 3.41. The fourth-order valence-electron chi connectivity index (χ4n) is 0.683. The summed E-state index contributed by atoms with van der Waals surface area (Å²) in [5, 5.41) is 0. The first-order chi connectivity index (χ1) is 4.18. The third-order valence-electron chi connectivity index (χ3n) is 0.905. The summed E-state index contributed by atoms with van der Waals surface area (Å²) in [4.78, 5) is 11.8. The van der Waals surface area contributed by atoms with E-state index in [4.69, 9.17) is 0 Å². The fraction of sp³-hybridized carbons (Fsp3) is 0.333. The second-order valence-electron chi connectivity index (χ2n) is 1.85. The molecule has 0 aliphatic rings. The Morgan fingerprint density at radius 1 is 1.00 bits per heavy atom. The van der Waals surface area contributed by atoms with Gasteiger partial charge in [-0.2, -0.15) is 0 Å². The quantitative estimate of drug-likeness (QED) is 0.291. The first kappa shape index (κ1) is 9.48. The van der Waals surface area contributed by atoms with E-state index in [1.165, 1.54) is 0 Å². The summed E-state index contributed by atoms with van der Waals surface area (Å²) in [6.45, 7) is 7.23. The predicted octanol–water partition coefficient (Wildman–Crippen LogP) is -2.33. The van der Waals surface area contributed by atoms with Crippen LogP contribution in [0.3, 0.4) is 0 Å². The van der Waals surface area contributed by atoms with E-state index in [1.807, 2.05) is 13.8 Å². The monoisotopic (exact) mass is 129 g/mol. The Bertz CT molecular complexity index is 174. The Hall–Kier alpha value is -0.523. The standard InChI is InChI=1S/C6H8N3.Li/c1-4-7-5(2)9-6(3)8-4;/h1H2,2-3H3;/q-1;+1. The number of aryl methyl sites for hydroxylation is 2. The van der Waals surface area contributed by atoms with Crippen molar-refractivity contribution in [1.29, 1.82) is 0 Å². The number of hydrogen-bond donors (Lipinski definition) is 0. The van der Waals surface area contributed by atoms with Gasteiger partial charge in [-0.15, -0.1) is 0 Å². The van der Waals surface area contributed by atoms with Crippen LogP contribution in [0.2, 0.25) is 0 Å². The summed E-state index contributed by atoms with van der Waals surface area (Å²) in [5.74, 6) is 2.00. The average molecular weight is 129 g/mol. The number of aromatic nitrogens is 3. The first-order valence-corrected chi connectivity index (χ1v) is 2.70. The van der Waals surface area contributed by atoms with Crippen LogP contribution in [0.25, 0.3) is 0 Å². The van der Waals surface area contributed by atoms with Crippen molar-refractivity contribution < 1.29 is 18.9 Å². The Labute approximate surface area is 72.5 Å². The van der Waals surface area contributed by atoms with Crippen molar-refractivity contribution in [1.82, 2.24) is 15.0 Å². The van der Waals surface area contributed by atoms with Crippen molar-refractivity contribution in [3.63, 3.8) is 0 Å². The molecular weight excluding hydrogens is 121 g/mol. The molecule has 0 amide bonds. The van der Waals surface area contributed by atoms with Crippen molar-refractivity contribution in [2.24, 2.45) is 0 Å². The third kappa shape index (κ3) is 2.38. The van der Waals surface area contributed by atoms with Gasteiger partial charge in [0.05, 0.1) is 0 Å². The van der Waals surface area contributed by atoms with Gasteiger partial charge in [0, 0.05) is 0 Å². The van der Waals surface area contributed by atoms with E-state index in [0.717, 1.165) is 11.6 Å². The SMILES string of the molecule is [CH2-]c1nc(C)nc(C)n1.[Li+]. The minimum absolute atomic E-state index is 0. The van der Waals surface area contributed by atoms with Gasteiger partial charge in [0.2, 0.25) is 0 Å². The minimum Gasteiger partial charge on any atom is -0.338 e. The topological polar surface area (TPSA) is 38.7 Å². The van der Waals surface area contributed by atoms with Crippen LogP contribution in [0.4, 0.5) is 0 Å². The van der Waals surface area contributed by atoms with Gasteiger partial charge in [0.25, 0.3) is 0 Å². The Balaban J connectivity index is 0.000000810. The van der Waals surface area contributed by atoms with Crippen LogP contribution >= 0.6 is 0 Å². The van der Waals surface area contributed by atoms with Crippen LogP contribution < -0.4 is 18.9 Å². The van der Waals surface area contributed by atoms with Crippen LogP contribution in [0.1, 0.15) is 17.5 Å². The van der Waals surface area contributed by atoms with E-state index in [0.29, 0.717) is 5.82 Å². The number of rotatable bonds is 0. The molecular formula is C6H8LiN3. The molecule has 1 aromatic heterocycles. The zero-order valence-corrected chi connectivity index (χ0v) is 6.55. The molecule has 10 heavy (non-hydrogen) atoms. The number of hydrogen-bond acceptors (Lipinski definition) is 3. The van der Waals surface area contributed by atoms with Gasteiger partial charge in [-0.25, -0.2) is 4.98 Å². The summed E-state index contributed by atoms with van der Waals surface area (Å²) >= 11 is 0. The fourth-order valence-corrected chi connectivity index (χ4v) is 0.683. The normalized spacial score (nSPS) is 8.60. The summed E-state index contributed by atoms with van der Waals surface area (Å²) in [6, 6.07) is 0. The van der Waals surface area contributed by atoms with Gasteiger partial charge in [0.15, 0.2) is 0 Å². The maximum absolute atomic E-state index is 3.97. The largest absolute Gasteiger partial charge is 1.00 e. The molecule has 0 aliphatic carbocycles. The van der Waals surface area contributed by atoms with Crippen molar-refractivity contribution in [3.05, 3.63) is 24.4 Å². The first-order valence-electron chi connectivity index (χ1n) is 2.70. The van der Waals surface area contributed by atoms with E-state index >= 15 is 0 Å². The molecule has 3 nitrogen and oxygen atoms in total. The molecule has 0 radical (unpaired) electrons. The van der Waals surface area contributed by atoms with E-state index in [1.54, 1.807) is 0 Å². The second kappa shape index (κ2) is 3.60. The van der Waals surface area contributed by atoms with Gasteiger partial charge < -0.3 is 6.92 Å². The van der Waals surface area contributed by atoms with Gasteiger partial charge in [-0.1, -0.05) is 0 Å². The van der Waals surface area contributed by atoms with Crippen molar-refractivity contribution in [2.45, 2.75) is 13.8 Å². The van der Waals surface area contributed by atoms with Crippen molar-refractivity contribution in [3.8, 4) is 0 Å². The molecule has 0 atom stereocenters. The summed E-state index contributed by atoms with van der Waals surface area (Å²) in [6.07, 6.45) is 0. The molecule has 0 saturated carbocycles. The van der Waals surface area contributed by atoms with Crippen LogP contribution in [0.5, 0.6) is 0 Å². The summed E-state index contributed by atoms with van der Waals surface area (Å²) in [7, 11) is 0. The van der Waals surface area contributed by atoms with Crippen molar-refractivity contribution >= 4 is 0 Å². The molecule has 1 aromatic rings. The second-order valence-corrected chi connectivity index (χ2v) is 1.85. The molecule has 0 spiro atoms. The summed E-state index contributed by atoms with van der Waals surface area (Å²) in [5.41, 5.74) is 0. The minimum atomic E-state index is 0. The van der Waals surface area contributed by atoms with Crippen LogP contribution in [-0.2, 0) is 0 Å². The molecule has 48 valence electrons. The molecule has 0 saturated heterocycles. The maximum Gasteiger partial charge on any atom is 1.00 e. The van der Waals surface area contributed by atoms with Gasteiger partial charge >= 0.3 is 18.9 Å². The molecule has 0 bridgehead atoms. The molecule has 0 aromatic carbocycles. The molecule has 1 heterocycles. The van der Waals surface area contributed by atoms with Gasteiger partial charge in [-0.05, 0) is 19.7 Å². The molecule has 0 fully saturated rings. The smallest absolute Gasteiger partial charge is 0.338 e. The summed E-state index contributed by atoms with van der Waals surface area (Å²) < 4.78 is 0. The van der Waals surface area contributed by atoms with E-state index < -0.39 is 0 Å². The van der Waals surface area contributed by atoms with Crippen molar-refractivity contribution in [2.75, 3.05) is 0 Å². The van der Waals surface area contributed by atoms with E-state index in [-0.39, 0.29) is 18.9 Å². The van der Waals surface area contributed by atoms with E-state index in [2.05, 4.69) is 21.9 Å². The predicted molar refractivity (Wildman–Crippen MR) is 33.8 cm³/mol. The molecule has 1 rings (SSSR count). The average Bonchev–Trinajstić information content (AvgIpc) is 1.59. The van der Waals surface area contributed by atoms with E-state index in [9.17, 15) is 0 Å². The number of nitrogens with zero attached hydrogens (tertiary/aromatic N) is 3. The van der Waals surface area contributed by atoms with Gasteiger partial charge in [-0.3, -0.25) is 9.97 Å². The molecule has 0 N–H and O–H groups in total. The molecule has 0 aliphatic heterocycles. The third-order valence-corrected chi connectivity index (χ3v) is 0.905. The zero-order chi connectivity index (χ0) is 6.85. The Morgan fingerprint density at radius 3 is 1.70 bits per heavy atom. The van der Waals surface area contributed by atoms with Crippen LogP contribution in [-0.4, -0.2) is 15.0 Å². The molecule has 4 heteroatoms. The molecule has 0 unspecified atom stereocenters. The zero-order valence-electron chi connectivity index (χ0n) is 6.55.